The molecule has 1 aliphatic rings. The van der Waals surface area contributed by atoms with Gasteiger partial charge in [-0.2, -0.15) is 0 Å². The first kappa shape index (κ1) is 12.6. The van der Waals surface area contributed by atoms with Crippen LogP contribution in [0.2, 0.25) is 0 Å². The molecule has 1 aromatic rings. The van der Waals surface area contributed by atoms with Crippen molar-refractivity contribution in [1.29, 1.82) is 0 Å². The molecule has 2 rings (SSSR count). The zero-order valence-electron chi connectivity index (χ0n) is 10.6. The van der Waals surface area contributed by atoms with Gasteiger partial charge in [-0.05, 0) is 24.8 Å². The van der Waals surface area contributed by atoms with Crippen LogP contribution in [0.4, 0.5) is 5.69 Å². The van der Waals surface area contributed by atoms with Gasteiger partial charge in [0.25, 0.3) is 5.69 Å². The number of allylic oxidation sites excluding steroid dienone is 1. The lowest BCUT2D eigenvalue weighted by Crippen LogP contribution is -2.29. The molecule has 0 atom stereocenters. The maximum absolute atomic E-state index is 10.9. The molecule has 1 aliphatic carbocycles. The van der Waals surface area contributed by atoms with E-state index in [4.69, 9.17) is 0 Å². The summed E-state index contributed by atoms with van der Waals surface area (Å²) < 4.78 is 0. The second kappa shape index (κ2) is 5.18. The number of aryl methyl sites for hydroxylation is 1. The standard InChI is InChI=1S/C13H17N3O2/c1-15(2)14-13-6-4-3-5-10-7-8-11(16(17)18)9-12(10)13/h6-9,14H,3-5H2,1-2H3. The average Bonchev–Trinajstić information content (AvgIpc) is 2.50. The van der Waals surface area contributed by atoms with E-state index < -0.39 is 0 Å². The Morgan fingerprint density at radius 1 is 1.39 bits per heavy atom. The lowest BCUT2D eigenvalue weighted by Gasteiger charge is -2.18. The Morgan fingerprint density at radius 2 is 2.17 bits per heavy atom. The lowest BCUT2D eigenvalue weighted by molar-refractivity contribution is -0.384. The van der Waals surface area contributed by atoms with Gasteiger partial charge in [-0.25, -0.2) is 5.01 Å². The van der Waals surface area contributed by atoms with Gasteiger partial charge in [0.05, 0.1) is 10.6 Å². The summed E-state index contributed by atoms with van der Waals surface area (Å²) in [5.41, 5.74) is 6.42. The Hall–Kier alpha value is -1.88. The van der Waals surface area contributed by atoms with Crippen molar-refractivity contribution in [2.75, 3.05) is 14.1 Å². The Labute approximate surface area is 106 Å². The fourth-order valence-electron chi connectivity index (χ4n) is 2.14. The number of fused-ring (bicyclic) bond motifs is 1. The molecule has 0 saturated heterocycles. The zero-order valence-corrected chi connectivity index (χ0v) is 10.6. The number of hydrazine groups is 1. The van der Waals surface area contributed by atoms with E-state index in [1.807, 2.05) is 25.2 Å². The van der Waals surface area contributed by atoms with Crippen LogP contribution >= 0.6 is 0 Å². The highest BCUT2D eigenvalue weighted by atomic mass is 16.6. The number of nitrogens with zero attached hydrogens (tertiary/aromatic N) is 2. The van der Waals surface area contributed by atoms with E-state index in [1.54, 1.807) is 12.1 Å². The van der Waals surface area contributed by atoms with Gasteiger partial charge >= 0.3 is 0 Å². The first-order valence-corrected chi connectivity index (χ1v) is 6.00. The van der Waals surface area contributed by atoms with E-state index in [0.29, 0.717) is 0 Å². The first-order valence-electron chi connectivity index (χ1n) is 6.00. The van der Waals surface area contributed by atoms with Crippen molar-refractivity contribution in [3.8, 4) is 0 Å². The van der Waals surface area contributed by atoms with E-state index >= 15 is 0 Å². The maximum atomic E-state index is 10.9. The number of hydrogen-bond donors (Lipinski definition) is 1. The molecule has 0 spiro atoms. The number of hydrogen-bond acceptors (Lipinski definition) is 4. The molecule has 5 nitrogen and oxygen atoms in total. The van der Waals surface area contributed by atoms with Crippen molar-refractivity contribution in [2.45, 2.75) is 19.3 Å². The van der Waals surface area contributed by atoms with Gasteiger partial charge in [-0.1, -0.05) is 12.1 Å². The maximum Gasteiger partial charge on any atom is 0.270 e. The summed E-state index contributed by atoms with van der Waals surface area (Å²) in [5, 5.41) is 12.7. The monoisotopic (exact) mass is 247 g/mol. The molecule has 0 amide bonds. The Balaban J connectivity index is 2.44. The highest BCUT2D eigenvalue weighted by Crippen LogP contribution is 2.27. The molecule has 0 fully saturated rings. The van der Waals surface area contributed by atoms with Crippen LogP contribution in [0.5, 0.6) is 0 Å². The fourth-order valence-corrected chi connectivity index (χ4v) is 2.14. The fraction of sp³-hybridized carbons (Fsp3) is 0.385. The van der Waals surface area contributed by atoms with Crippen LogP contribution in [0, 0.1) is 10.1 Å². The number of nitro benzene ring substituents is 1. The number of rotatable bonds is 3. The number of nitro groups is 1. The predicted octanol–water partition coefficient (Wildman–Crippen LogP) is 2.34. The Bertz CT molecular complexity index is 495. The van der Waals surface area contributed by atoms with Crippen molar-refractivity contribution in [3.63, 3.8) is 0 Å². The summed E-state index contributed by atoms with van der Waals surface area (Å²) in [7, 11) is 3.81. The van der Waals surface area contributed by atoms with Gasteiger partial charge in [0.2, 0.25) is 0 Å². The molecule has 0 bridgehead atoms. The number of non-ortho nitro benzene ring substituents is 1. The summed E-state index contributed by atoms with van der Waals surface area (Å²) >= 11 is 0. The van der Waals surface area contributed by atoms with Gasteiger partial charge in [-0.3, -0.25) is 10.1 Å². The van der Waals surface area contributed by atoms with E-state index in [1.165, 1.54) is 5.56 Å². The summed E-state index contributed by atoms with van der Waals surface area (Å²) in [6.45, 7) is 0. The predicted molar refractivity (Wildman–Crippen MR) is 70.8 cm³/mol. The second-order valence-electron chi connectivity index (χ2n) is 4.61. The van der Waals surface area contributed by atoms with E-state index in [9.17, 15) is 10.1 Å². The largest absolute Gasteiger partial charge is 0.319 e. The molecule has 0 radical (unpaired) electrons. The third-order valence-corrected chi connectivity index (χ3v) is 2.94. The molecule has 0 unspecified atom stereocenters. The minimum Gasteiger partial charge on any atom is -0.319 e. The quantitative estimate of drug-likeness (QED) is 0.658. The third kappa shape index (κ3) is 2.68. The van der Waals surface area contributed by atoms with E-state index in [2.05, 4.69) is 11.5 Å². The molecule has 0 heterocycles. The van der Waals surface area contributed by atoms with Crippen LogP contribution in [0.15, 0.2) is 24.3 Å². The highest BCUT2D eigenvalue weighted by Gasteiger charge is 2.16. The van der Waals surface area contributed by atoms with Crippen LogP contribution in [0.25, 0.3) is 5.70 Å². The zero-order chi connectivity index (χ0) is 13.1. The number of benzene rings is 1. The van der Waals surface area contributed by atoms with Gasteiger partial charge in [-0.15, -0.1) is 0 Å². The molecular weight excluding hydrogens is 230 g/mol. The molecule has 1 aromatic carbocycles. The van der Waals surface area contributed by atoms with Crippen molar-refractivity contribution in [1.82, 2.24) is 10.4 Å². The smallest absolute Gasteiger partial charge is 0.270 e. The van der Waals surface area contributed by atoms with Crippen molar-refractivity contribution >= 4 is 11.4 Å². The van der Waals surface area contributed by atoms with Crippen LogP contribution in [0.3, 0.4) is 0 Å². The van der Waals surface area contributed by atoms with Crippen LogP contribution < -0.4 is 5.43 Å². The second-order valence-corrected chi connectivity index (χ2v) is 4.61. The first-order chi connectivity index (χ1) is 8.58. The van der Waals surface area contributed by atoms with E-state index in [-0.39, 0.29) is 10.6 Å². The SMILES string of the molecule is CN(C)NC1=CCCCc2ccc([N+](=O)[O-])cc21. The topological polar surface area (TPSA) is 58.4 Å². The molecular formula is C13H17N3O2. The molecule has 5 heteroatoms. The molecule has 18 heavy (non-hydrogen) atoms. The molecule has 0 aromatic heterocycles. The summed E-state index contributed by atoms with van der Waals surface area (Å²) in [4.78, 5) is 10.5. The van der Waals surface area contributed by atoms with Gasteiger partial charge < -0.3 is 5.43 Å². The Morgan fingerprint density at radius 3 is 2.83 bits per heavy atom. The minimum absolute atomic E-state index is 0.141. The van der Waals surface area contributed by atoms with Crippen molar-refractivity contribution < 1.29 is 4.92 Å². The van der Waals surface area contributed by atoms with Crippen molar-refractivity contribution in [3.05, 3.63) is 45.5 Å². The van der Waals surface area contributed by atoms with Gasteiger partial charge in [0.1, 0.15) is 0 Å². The summed E-state index contributed by atoms with van der Waals surface area (Å²) in [5.74, 6) is 0. The molecule has 1 N–H and O–H groups in total. The van der Waals surface area contributed by atoms with E-state index in [0.717, 1.165) is 30.5 Å². The summed E-state index contributed by atoms with van der Waals surface area (Å²) in [6.07, 6.45) is 5.13. The number of nitrogens with one attached hydrogen (secondary N) is 1. The van der Waals surface area contributed by atoms with Crippen LogP contribution in [0.1, 0.15) is 24.0 Å². The highest BCUT2D eigenvalue weighted by molar-refractivity contribution is 5.69. The van der Waals surface area contributed by atoms with Crippen LogP contribution in [-0.4, -0.2) is 24.0 Å². The van der Waals surface area contributed by atoms with Gasteiger partial charge in [0, 0.05) is 31.8 Å². The van der Waals surface area contributed by atoms with Crippen LogP contribution in [-0.2, 0) is 6.42 Å². The van der Waals surface area contributed by atoms with Crippen molar-refractivity contribution in [2.24, 2.45) is 0 Å². The molecule has 96 valence electrons. The van der Waals surface area contributed by atoms with Gasteiger partial charge in [0.15, 0.2) is 0 Å². The normalized spacial score (nSPS) is 14.7. The average molecular weight is 247 g/mol. The molecule has 0 aliphatic heterocycles. The third-order valence-electron chi connectivity index (χ3n) is 2.94. The lowest BCUT2D eigenvalue weighted by atomic mass is 10.0. The molecule has 0 saturated carbocycles. The Kier molecular flexibility index (Phi) is 3.62. The minimum atomic E-state index is -0.349. The summed E-state index contributed by atoms with van der Waals surface area (Å²) in [6, 6.07) is 5.10.